The number of ether oxygens (including phenoxy) is 1. The molecule has 0 fully saturated rings. The molecule has 32 heavy (non-hydrogen) atoms. The maximum absolute atomic E-state index is 12.6. The van der Waals surface area contributed by atoms with Crippen LogP contribution in [0.2, 0.25) is 5.02 Å². The van der Waals surface area contributed by atoms with Crippen LogP contribution in [0.5, 0.6) is 5.75 Å². The van der Waals surface area contributed by atoms with Crippen molar-refractivity contribution in [2.24, 2.45) is 0 Å². The third kappa shape index (κ3) is 5.00. The third-order valence-corrected chi connectivity index (χ3v) is 5.27. The van der Waals surface area contributed by atoms with Gasteiger partial charge in [-0.15, -0.1) is 0 Å². The number of benzene rings is 2. The topological polar surface area (TPSA) is 82.2 Å². The van der Waals surface area contributed by atoms with E-state index in [0.717, 1.165) is 34.0 Å². The fourth-order valence-corrected chi connectivity index (χ4v) is 3.43. The first-order chi connectivity index (χ1) is 15.4. The second-order valence-electron chi connectivity index (χ2n) is 7.52. The van der Waals surface area contributed by atoms with Crippen LogP contribution in [0.25, 0.3) is 5.69 Å². The molecule has 0 saturated carbocycles. The van der Waals surface area contributed by atoms with E-state index in [1.54, 1.807) is 16.8 Å². The summed E-state index contributed by atoms with van der Waals surface area (Å²) in [4.78, 5) is 12.6. The molecular weight excluding hydrogens is 428 g/mol. The van der Waals surface area contributed by atoms with E-state index in [-0.39, 0.29) is 12.3 Å². The molecule has 1 amide bonds. The molecule has 0 spiro atoms. The van der Waals surface area contributed by atoms with Gasteiger partial charge in [-0.2, -0.15) is 5.10 Å². The molecule has 4 rings (SSSR count). The van der Waals surface area contributed by atoms with Gasteiger partial charge in [0.2, 0.25) is 5.91 Å². The van der Waals surface area contributed by atoms with Crippen LogP contribution in [0.3, 0.4) is 0 Å². The molecule has 1 N–H and O–H groups in total. The lowest BCUT2D eigenvalue weighted by Crippen LogP contribution is -2.17. The highest BCUT2D eigenvalue weighted by Gasteiger charge is 2.13. The molecule has 0 saturated heterocycles. The summed E-state index contributed by atoms with van der Waals surface area (Å²) in [5, 5.41) is 12.0. The molecule has 2 aromatic heterocycles. The van der Waals surface area contributed by atoms with Crippen LogP contribution in [0.4, 0.5) is 5.82 Å². The Kier molecular flexibility index (Phi) is 6.28. The zero-order valence-corrected chi connectivity index (χ0v) is 18.8. The summed E-state index contributed by atoms with van der Waals surface area (Å²) in [6.07, 6.45) is 0.231. The summed E-state index contributed by atoms with van der Waals surface area (Å²) in [5.41, 5.74) is 4.26. The van der Waals surface area contributed by atoms with E-state index < -0.39 is 0 Å². The average molecular weight is 451 g/mol. The number of hydrogen-bond acceptors (Lipinski definition) is 5. The number of nitrogens with one attached hydrogen (secondary N) is 1. The largest absolute Gasteiger partial charge is 0.489 e. The summed E-state index contributed by atoms with van der Waals surface area (Å²) in [7, 11) is 0. The minimum absolute atomic E-state index is 0.135. The van der Waals surface area contributed by atoms with Gasteiger partial charge in [0, 0.05) is 11.1 Å². The Hall–Kier alpha value is -3.58. The smallest absolute Gasteiger partial charge is 0.229 e. The molecule has 164 valence electrons. The van der Waals surface area contributed by atoms with E-state index in [2.05, 4.69) is 15.6 Å². The number of carbonyl (C=O) groups is 1. The van der Waals surface area contributed by atoms with E-state index in [1.807, 2.05) is 63.2 Å². The van der Waals surface area contributed by atoms with Crippen LogP contribution in [-0.2, 0) is 17.8 Å². The van der Waals surface area contributed by atoms with Crippen LogP contribution in [0.15, 0.2) is 59.1 Å². The zero-order chi connectivity index (χ0) is 22.7. The average Bonchev–Trinajstić information content (AvgIpc) is 3.29. The lowest BCUT2D eigenvalue weighted by Gasteiger charge is -2.10. The number of aromatic nitrogens is 3. The number of aryl methyl sites for hydroxylation is 3. The number of amides is 1. The molecular formula is C24H23ClN4O3. The predicted octanol–water partition coefficient (Wildman–Crippen LogP) is 5.20. The van der Waals surface area contributed by atoms with Gasteiger partial charge in [0.15, 0.2) is 0 Å². The highest BCUT2D eigenvalue weighted by atomic mass is 35.5. The number of halogens is 1. The maximum atomic E-state index is 12.6. The van der Waals surface area contributed by atoms with Crippen LogP contribution in [0, 0.1) is 20.8 Å². The predicted molar refractivity (Wildman–Crippen MR) is 122 cm³/mol. The van der Waals surface area contributed by atoms with Crippen LogP contribution < -0.4 is 10.1 Å². The van der Waals surface area contributed by atoms with E-state index in [9.17, 15) is 4.79 Å². The quantitative estimate of drug-likeness (QED) is 0.418. The number of carbonyl (C=O) groups excluding carboxylic acids is 1. The minimum Gasteiger partial charge on any atom is -0.489 e. The number of anilines is 1. The van der Waals surface area contributed by atoms with E-state index in [0.29, 0.717) is 23.2 Å². The Balaban J connectivity index is 1.38. The van der Waals surface area contributed by atoms with Crippen molar-refractivity contribution in [1.82, 2.24) is 14.9 Å². The van der Waals surface area contributed by atoms with Crippen molar-refractivity contribution in [3.8, 4) is 11.4 Å². The van der Waals surface area contributed by atoms with Gasteiger partial charge < -0.3 is 14.6 Å². The second-order valence-corrected chi connectivity index (χ2v) is 7.96. The normalized spacial score (nSPS) is 10.9. The molecule has 2 heterocycles. The van der Waals surface area contributed by atoms with Gasteiger partial charge in [-0.25, -0.2) is 4.68 Å². The van der Waals surface area contributed by atoms with Crippen LogP contribution in [0.1, 0.15) is 28.3 Å². The highest BCUT2D eigenvalue weighted by molar-refractivity contribution is 6.30. The Bertz CT molecular complexity index is 1210. The summed E-state index contributed by atoms with van der Waals surface area (Å²) in [5.74, 6) is 1.94. The minimum atomic E-state index is -0.135. The van der Waals surface area contributed by atoms with Crippen molar-refractivity contribution in [2.75, 3.05) is 5.32 Å². The fraction of sp³-hybridized carbons (Fsp3) is 0.208. The zero-order valence-electron chi connectivity index (χ0n) is 18.1. The summed E-state index contributed by atoms with van der Waals surface area (Å²) in [6, 6.07) is 16.6. The Morgan fingerprint density at radius 3 is 2.47 bits per heavy atom. The summed E-state index contributed by atoms with van der Waals surface area (Å²) in [6.45, 7) is 6.01. The van der Waals surface area contributed by atoms with E-state index in [4.69, 9.17) is 20.9 Å². The Morgan fingerprint density at radius 1 is 1.09 bits per heavy atom. The van der Waals surface area contributed by atoms with Gasteiger partial charge in [0.05, 0.1) is 29.1 Å². The molecule has 0 aliphatic rings. The van der Waals surface area contributed by atoms with Gasteiger partial charge in [-0.05, 0) is 62.7 Å². The molecule has 0 bridgehead atoms. The van der Waals surface area contributed by atoms with Crippen LogP contribution >= 0.6 is 11.6 Å². The Morgan fingerprint density at radius 2 is 1.81 bits per heavy atom. The molecule has 7 nitrogen and oxygen atoms in total. The van der Waals surface area contributed by atoms with Gasteiger partial charge in [0.25, 0.3) is 0 Å². The van der Waals surface area contributed by atoms with Gasteiger partial charge in [0.1, 0.15) is 23.9 Å². The fourth-order valence-electron chi connectivity index (χ4n) is 3.31. The van der Waals surface area contributed by atoms with Crippen molar-refractivity contribution in [3.05, 3.63) is 87.9 Å². The van der Waals surface area contributed by atoms with E-state index in [1.165, 1.54) is 0 Å². The third-order valence-electron chi connectivity index (χ3n) is 5.02. The van der Waals surface area contributed by atoms with Gasteiger partial charge in [-0.3, -0.25) is 4.79 Å². The molecule has 8 heteroatoms. The maximum Gasteiger partial charge on any atom is 0.229 e. The number of nitrogens with zero attached hydrogens (tertiary/aromatic N) is 3. The van der Waals surface area contributed by atoms with Crippen molar-refractivity contribution >= 4 is 23.3 Å². The first kappa shape index (κ1) is 21.6. The molecule has 4 aromatic rings. The van der Waals surface area contributed by atoms with Crippen molar-refractivity contribution < 1.29 is 14.1 Å². The molecule has 0 radical (unpaired) electrons. The molecule has 0 aliphatic heterocycles. The van der Waals surface area contributed by atoms with Crippen LogP contribution in [-0.4, -0.2) is 20.8 Å². The molecule has 2 aromatic carbocycles. The number of hydrogen-bond donors (Lipinski definition) is 1. The Labute approximate surface area is 190 Å². The van der Waals surface area contributed by atoms with Gasteiger partial charge >= 0.3 is 0 Å². The lowest BCUT2D eigenvalue weighted by molar-refractivity contribution is -0.115. The van der Waals surface area contributed by atoms with Crippen molar-refractivity contribution in [3.63, 3.8) is 0 Å². The van der Waals surface area contributed by atoms with Crippen molar-refractivity contribution in [1.29, 1.82) is 0 Å². The monoisotopic (exact) mass is 450 g/mol. The van der Waals surface area contributed by atoms with E-state index >= 15 is 0 Å². The van der Waals surface area contributed by atoms with Gasteiger partial charge in [-0.1, -0.05) is 28.9 Å². The molecule has 0 atom stereocenters. The highest BCUT2D eigenvalue weighted by Crippen LogP contribution is 2.21. The second kappa shape index (κ2) is 9.28. The standard InChI is InChI=1S/C24H23ClN4O3/c1-15-12-23(29(27-15)20-8-6-19(25)7-9-20)26-24(30)13-18-4-10-21(11-5-18)31-14-22-16(2)28-32-17(22)3/h4-12H,13-14H2,1-3H3,(H,26,30). The first-order valence-electron chi connectivity index (χ1n) is 10.1. The summed E-state index contributed by atoms with van der Waals surface area (Å²) >= 11 is 5.97. The van der Waals surface area contributed by atoms with Crippen molar-refractivity contribution in [2.45, 2.75) is 33.8 Å². The molecule has 0 aliphatic carbocycles. The molecule has 0 unspecified atom stereocenters. The summed E-state index contributed by atoms with van der Waals surface area (Å²) < 4.78 is 12.7. The lowest BCUT2D eigenvalue weighted by atomic mass is 10.1. The first-order valence-corrected chi connectivity index (χ1v) is 10.5. The SMILES string of the molecule is Cc1cc(NC(=O)Cc2ccc(OCc3c(C)noc3C)cc2)n(-c2ccc(Cl)cc2)n1. The number of rotatable bonds is 7.